The smallest absolute Gasteiger partial charge is 0.383 e. The highest BCUT2D eigenvalue weighted by Gasteiger charge is 2.38. The van der Waals surface area contributed by atoms with Crippen LogP contribution in [0.5, 0.6) is 0 Å². The molecule has 1 N–H and O–H groups in total. The predicted octanol–water partition coefficient (Wildman–Crippen LogP) is 3.82. The zero-order chi connectivity index (χ0) is 13.9. The molecule has 0 saturated carbocycles. The molecule has 0 aromatic heterocycles. The van der Waals surface area contributed by atoms with Gasteiger partial charge in [0.2, 0.25) is 0 Å². The van der Waals surface area contributed by atoms with Crippen LogP contribution in [0.2, 0.25) is 0 Å². The number of hydrogen-bond acceptors (Lipinski definition) is 3. The van der Waals surface area contributed by atoms with Crippen LogP contribution in [0.3, 0.4) is 0 Å². The molecule has 0 fully saturated rings. The van der Waals surface area contributed by atoms with Gasteiger partial charge in [-0.15, -0.1) is 0 Å². The van der Waals surface area contributed by atoms with Gasteiger partial charge in [-0.2, -0.15) is 13.2 Å². The number of nitro benzene ring substituents is 1. The summed E-state index contributed by atoms with van der Waals surface area (Å²) in [5, 5.41) is 13.4. The Kier molecular flexibility index (Phi) is 4.15. The molecule has 0 aliphatic carbocycles. The number of nitro groups is 1. The first-order valence-corrected chi connectivity index (χ1v) is 5.38. The summed E-state index contributed by atoms with van der Waals surface area (Å²) in [6.45, 7) is 3.70. The van der Waals surface area contributed by atoms with Gasteiger partial charge in [-0.05, 0) is 25.5 Å². The SMILES string of the molecule is CC[C@H](C)Nc1ccc([N+](=O)[O-])c(C(F)(F)F)c1. The maximum absolute atomic E-state index is 12.7. The van der Waals surface area contributed by atoms with Crippen LogP contribution in [0.4, 0.5) is 24.5 Å². The Morgan fingerprint density at radius 1 is 1.44 bits per heavy atom. The molecule has 4 nitrogen and oxygen atoms in total. The van der Waals surface area contributed by atoms with Crippen LogP contribution in [0.1, 0.15) is 25.8 Å². The van der Waals surface area contributed by atoms with Gasteiger partial charge in [0.1, 0.15) is 5.56 Å². The molecule has 0 amide bonds. The topological polar surface area (TPSA) is 55.2 Å². The number of hydrogen-bond donors (Lipinski definition) is 1. The van der Waals surface area contributed by atoms with E-state index in [1.54, 1.807) is 0 Å². The molecule has 0 aliphatic rings. The Morgan fingerprint density at radius 2 is 2.06 bits per heavy atom. The highest BCUT2D eigenvalue weighted by Crippen LogP contribution is 2.37. The summed E-state index contributed by atoms with van der Waals surface area (Å²) < 4.78 is 38.0. The lowest BCUT2D eigenvalue weighted by molar-refractivity contribution is -0.388. The first kappa shape index (κ1) is 14.3. The molecule has 7 heteroatoms. The highest BCUT2D eigenvalue weighted by atomic mass is 19.4. The van der Waals surface area contributed by atoms with Crippen molar-refractivity contribution in [3.05, 3.63) is 33.9 Å². The average molecular weight is 262 g/mol. The van der Waals surface area contributed by atoms with E-state index in [-0.39, 0.29) is 11.7 Å². The van der Waals surface area contributed by atoms with Gasteiger partial charge in [0.25, 0.3) is 5.69 Å². The number of benzene rings is 1. The lowest BCUT2D eigenvalue weighted by Crippen LogP contribution is -2.15. The van der Waals surface area contributed by atoms with E-state index >= 15 is 0 Å². The van der Waals surface area contributed by atoms with Crippen molar-refractivity contribution in [1.82, 2.24) is 0 Å². The molecule has 1 rings (SSSR count). The van der Waals surface area contributed by atoms with Crippen LogP contribution in [0.25, 0.3) is 0 Å². The van der Waals surface area contributed by atoms with Gasteiger partial charge < -0.3 is 5.32 Å². The van der Waals surface area contributed by atoms with Crippen molar-refractivity contribution in [2.75, 3.05) is 5.32 Å². The molecule has 0 radical (unpaired) electrons. The third kappa shape index (κ3) is 3.35. The molecule has 0 spiro atoms. The van der Waals surface area contributed by atoms with E-state index in [2.05, 4.69) is 5.32 Å². The number of halogens is 3. The normalized spacial score (nSPS) is 13.2. The van der Waals surface area contributed by atoms with E-state index in [0.717, 1.165) is 18.6 Å². The summed E-state index contributed by atoms with van der Waals surface area (Å²) in [6.07, 6.45) is -4.01. The van der Waals surface area contributed by atoms with Crippen molar-refractivity contribution in [1.29, 1.82) is 0 Å². The minimum absolute atomic E-state index is 0.00691. The van der Waals surface area contributed by atoms with Crippen molar-refractivity contribution in [3.8, 4) is 0 Å². The summed E-state index contributed by atoms with van der Waals surface area (Å²) >= 11 is 0. The number of nitrogens with zero attached hydrogens (tertiary/aromatic N) is 1. The summed E-state index contributed by atoms with van der Waals surface area (Å²) in [6, 6.07) is 2.91. The predicted molar refractivity (Wildman–Crippen MR) is 61.5 cm³/mol. The van der Waals surface area contributed by atoms with E-state index in [0.29, 0.717) is 0 Å². The quantitative estimate of drug-likeness (QED) is 0.662. The second kappa shape index (κ2) is 5.24. The van der Waals surface area contributed by atoms with Crippen LogP contribution >= 0.6 is 0 Å². The number of alkyl halides is 3. The molecular formula is C11H13F3N2O2. The summed E-state index contributed by atoms with van der Waals surface area (Å²) in [7, 11) is 0. The molecule has 0 heterocycles. The number of nitrogens with one attached hydrogen (secondary N) is 1. The largest absolute Gasteiger partial charge is 0.423 e. The third-order valence-corrected chi connectivity index (χ3v) is 2.52. The average Bonchev–Trinajstić information content (AvgIpc) is 2.27. The lowest BCUT2D eigenvalue weighted by atomic mass is 10.1. The minimum atomic E-state index is -4.74. The molecule has 0 bridgehead atoms. The number of rotatable bonds is 4. The Hall–Kier alpha value is -1.79. The fourth-order valence-corrected chi connectivity index (χ4v) is 1.40. The van der Waals surface area contributed by atoms with Crippen molar-refractivity contribution in [3.63, 3.8) is 0 Å². The maximum Gasteiger partial charge on any atom is 0.423 e. The van der Waals surface area contributed by atoms with Gasteiger partial charge in [0, 0.05) is 17.8 Å². The third-order valence-electron chi connectivity index (χ3n) is 2.52. The number of anilines is 1. The van der Waals surface area contributed by atoms with E-state index in [1.165, 1.54) is 6.07 Å². The van der Waals surface area contributed by atoms with Crippen LogP contribution in [-0.2, 0) is 6.18 Å². The highest BCUT2D eigenvalue weighted by molar-refractivity contribution is 5.55. The van der Waals surface area contributed by atoms with Gasteiger partial charge in [-0.3, -0.25) is 10.1 Å². The molecule has 1 aromatic carbocycles. The molecule has 1 aromatic rings. The minimum Gasteiger partial charge on any atom is -0.383 e. The molecular weight excluding hydrogens is 249 g/mol. The van der Waals surface area contributed by atoms with Crippen molar-refractivity contribution in [2.45, 2.75) is 32.5 Å². The van der Waals surface area contributed by atoms with E-state index < -0.39 is 22.4 Å². The fourth-order valence-electron chi connectivity index (χ4n) is 1.40. The molecule has 0 saturated heterocycles. The van der Waals surface area contributed by atoms with E-state index in [9.17, 15) is 23.3 Å². The van der Waals surface area contributed by atoms with Crippen molar-refractivity contribution in [2.24, 2.45) is 0 Å². The van der Waals surface area contributed by atoms with E-state index in [4.69, 9.17) is 0 Å². The van der Waals surface area contributed by atoms with Crippen LogP contribution in [0.15, 0.2) is 18.2 Å². The monoisotopic (exact) mass is 262 g/mol. The zero-order valence-electron chi connectivity index (χ0n) is 9.91. The first-order chi connectivity index (χ1) is 8.25. The second-order valence-electron chi connectivity index (χ2n) is 3.94. The van der Waals surface area contributed by atoms with Crippen molar-refractivity contribution < 1.29 is 18.1 Å². The van der Waals surface area contributed by atoms with Gasteiger partial charge in [-0.1, -0.05) is 6.92 Å². The van der Waals surface area contributed by atoms with E-state index in [1.807, 2.05) is 13.8 Å². The summed E-state index contributed by atoms with van der Waals surface area (Å²) in [5.74, 6) is 0. The molecule has 0 unspecified atom stereocenters. The van der Waals surface area contributed by atoms with Crippen molar-refractivity contribution >= 4 is 11.4 Å². The zero-order valence-corrected chi connectivity index (χ0v) is 9.91. The summed E-state index contributed by atoms with van der Waals surface area (Å²) in [4.78, 5) is 9.51. The Labute approximate surface area is 102 Å². The Bertz CT molecular complexity index is 446. The second-order valence-corrected chi connectivity index (χ2v) is 3.94. The molecule has 18 heavy (non-hydrogen) atoms. The van der Waals surface area contributed by atoms with Gasteiger partial charge in [-0.25, -0.2) is 0 Å². The molecule has 0 aliphatic heterocycles. The molecule has 1 atom stereocenters. The maximum atomic E-state index is 12.7. The fraction of sp³-hybridized carbons (Fsp3) is 0.455. The Morgan fingerprint density at radius 3 is 2.50 bits per heavy atom. The van der Waals surface area contributed by atoms with Gasteiger partial charge >= 0.3 is 6.18 Å². The first-order valence-electron chi connectivity index (χ1n) is 5.38. The molecule has 100 valence electrons. The van der Waals surface area contributed by atoms with Crippen LogP contribution < -0.4 is 5.32 Å². The van der Waals surface area contributed by atoms with Crippen LogP contribution in [-0.4, -0.2) is 11.0 Å². The summed E-state index contributed by atoms with van der Waals surface area (Å²) in [5.41, 5.74) is -1.94. The van der Waals surface area contributed by atoms with Gasteiger partial charge in [0.15, 0.2) is 0 Å². The standard InChI is InChI=1S/C11H13F3N2O2/c1-3-7(2)15-8-4-5-10(16(17)18)9(6-8)11(12,13)14/h4-7,15H,3H2,1-2H3/t7-/m0/s1. The Balaban J connectivity index is 3.18. The van der Waals surface area contributed by atoms with Gasteiger partial charge in [0.05, 0.1) is 4.92 Å². The van der Waals surface area contributed by atoms with Crippen LogP contribution in [0, 0.1) is 10.1 Å². The lowest BCUT2D eigenvalue weighted by Gasteiger charge is -2.15.